The summed E-state index contributed by atoms with van der Waals surface area (Å²) in [6.45, 7) is 3.02. The molecule has 21 heavy (non-hydrogen) atoms. The molecule has 116 valence electrons. The molecule has 1 fully saturated rings. The highest BCUT2D eigenvalue weighted by atomic mass is 79.9. The minimum atomic E-state index is -0.155. The predicted molar refractivity (Wildman–Crippen MR) is 87.4 cm³/mol. The second-order valence-corrected chi connectivity index (χ2v) is 6.50. The summed E-state index contributed by atoms with van der Waals surface area (Å²) >= 11 is 3.46. The first-order chi connectivity index (χ1) is 10.1. The van der Waals surface area contributed by atoms with Gasteiger partial charge in [0.2, 0.25) is 5.91 Å². The number of methoxy groups -OCH3 is 1. The van der Waals surface area contributed by atoms with Crippen molar-refractivity contribution in [3.63, 3.8) is 0 Å². The summed E-state index contributed by atoms with van der Waals surface area (Å²) in [5, 5.41) is 6.25. The maximum Gasteiger partial charge on any atom is 0.236 e. The monoisotopic (exact) mass is 354 g/mol. The summed E-state index contributed by atoms with van der Waals surface area (Å²) in [4.78, 5) is 11.8. The Labute approximate surface area is 134 Å². The van der Waals surface area contributed by atoms with E-state index in [4.69, 9.17) is 4.74 Å². The first-order valence-corrected chi connectivity index (χ1v) is 8.17. The van der Waals surface area contributed by atoms with Crippen molar-refractivity contribution in [2.24, 2.45) is 0 Å². The molecule has 1 atom stereocenters. The fourth-order valence-corrected chi connectivity index (χ4v) is 2.88. The molecule has 0 radical (unpaired) electrons. The quantitative estimate of drug-likeness (QED) is 0.739. The Balaban J connectivity index is 1.70. The van der Waals surface area contributed by atoms with Crippen LogP contribution in [-0.2, 0) is 9.53 Å². The van der Waals surface area contributed by atoms with Crippen molar-refractivity contribution < 1.29 is 9.53 Å². The van der Waals surface area contributed by atoms with Gasteiger partial charge in [0, 0.05) is 24.2 Å². The van der Waals surface area contributed by atoms with Crippen LogP contribution in [0.1, 0.15) is 31.2 Å². The number of amides is 1. The van der Waals surface area contributed by atoms with Crippen LogP contribution in [0.2, 0.25) is 0 Å². The van der Waals surface area contributed by atoms with Crippen LogP contribution in [0.5, 0.6) is 0 Å². The predicted octanol–water partition coefficient (Wildman–Crippen LogP) is 2.44. The van der Waals surface area contributed by atoms with E-state index in [1.54, 1.807) is 7.11 Å². The van der Waals surface area contributed by atoms with E-state index in [9.17, 15) is 4.79 Å². The summed E-state index contributed by atoms with van der Waals surface area (Å²) in [6.07, 6.45) is 2.19. The summed E-state index contributed by atoms with van der Waals surface area (Å²) < 4.78 is 6.03. The van der Waals surface area contributed by atoms with Gasteiger partial charge in [-0.05, 0) is 43.4 Å². The number of rotatable bonds is 7. The number of nitrogens with one attached hydrogen (secondary N) is 2. The van der Waals surface area contributed by atoms with E-state index in [1.807, 2.05) is 6.92 Å². The standard InChI is InChI=1S/C16H23BrN2O2/c1-11(16(20)18-7-8-21-2)19-15-9-13(10-15)12-3-5-14(17)6-4-12/h3-6,11,13,15,19H,7-10H2,1-2H3,(H,18,20). The zero-order valence-electron chi connectivity index (χ0n) is 12.6. The lowest BCUT2D eigenvalue weighted by Gasteiger charge is -2.38. The van der Waals surface area contributed by atoms with Crippen molar-refractivity contribution in [2.75, 3.05) is 20.3 Å². The largest absolute Gasteiger partial charge is 0.383 e. The Hall–Kier alpha value is -0.910. The third-order valence-electron chi connectivity index (χ3n) is 3.96. The number of hydrogen-bond acceptors (Lipinski definition) is 3. The second-order valence-electron chi connectivity index (χ2n) is 5.59. The molecule has 1 amide bonds. The summed E-state index contributed by atoms with van der Waals surface area (Å²) in [7, 11) is 1.63. The third kappa shape index (κ3) is 4.80. The van der Waals surface area contributed by atoms with E-state index < -0.39 is 0 Å². The molecule has 1 saturated carbocycles. The molecular formula is C16H23BrN2O2. The SMILES string of the molecule is COCCNC(=O)C(C)NC1CC(c2ccc(Br)cc2)C1. The lowest BCUT2D eigenvalue weighted by Crippen LogP contribution is -2.51. The van der Waals surface area contributed by atoms with E-state index in [0.29, 0.717) is 25.1 Å². The molecule has 1 aromatic rings. The number of halogens is 1. The van der Waals surface area contributed by atoms with E-state index in [-0.39, 0.29) is 11.9 Å². The number of hydrogen-bond donors (Lipinski definition) is 2. The number of benzene rings is 1. The van der Waals surface area contributed by atoms with Crippen molar-refractivity contribution in [3.8, 4) is 0 Å². The van der Waals surface area contributed by atoms with Crippen molar-refractivity contribution in [3.05, 3.63) is 34.3 Å². The van der Waals surface area contributed by atoms with Gasteiger partial charge in [0.25, 0.3) is 0 Å². The van der Waals surface area contributed by atoms with E-state index in [1.165, 1.54) is 5.56 Å². The van der Waals surface area contributed by atoms with Gasteiger partial charge < -0.3 is 15.4 Å². The molecule has 4 nitrogen and oxygen atoms in total. The van der Waals surface area contributed by atoms with Gasteiger partial charge in [-0.3, -0.25) is 4.79 Å². The van der Waals surface area contributed by atoms with Crippen molar-refractivity contribution in [1.29, 1.82) is 0 Å². The minimum Gasteiger partial charge on any atom is -0.383 e. The molecule has 2 N–H and O–H groups in total. The molecule has 2 rings (SSSR count). The molecule has 0 aliphatic heterocycles. The molecule has 5 heteroatoms. The summed E-state index contributed by atoms with van der Waals surface area (Å²) in [5.41, 5.74) is 1.38. The van der Waals surface area contributed by atoms with Crippen LogP contribution in [0.25, 0.3) is 0 Å². The molecular weight excluding hydrogens is 332 g/mol. The molecule has 1 aliphatic carbocycles. The van der Waals surface area contributed by atoms with Gasteiger partial charge in [0.15, 0.2) is 0 Å². The topological polar surface area (TPSA) is 50.4 Å². The van der Waals surface area contributed by atoms with Crippen molar-refractivity contribution >= 4 is 21.8 Å². The van der Waals surface area contributed by atoms with Gasteiger partial charge in [0.05, 0.1) is 12.6 Å². The smallest absolute Gasteiger partial charge is 0.236 e. The number of carbonyl (C=O) groups excluding carboxylic acids is 1. The van der Waals surface area contributed by atoms with Crippen LogP contribution in [0.3, 0.4) is 0 Å². The van der Waals surface area contributed by atoms with Gasteiger partial charge in [-0.15, -0.1) is 0 Å². The van der Waals surface area contributed by atoms with Crippen LogP contribution in [0, 0.1) is 0 Å². The lowest BCUT2D eigenvalue weighted by molar-refractivity contribution is -0.123. The Bertz CT molecular complexity index is 458. The highest BCUT2D eigenvalue weighted by molar-refractivity contribution is 9.10. The van der Waals surface area contributed by atoms with Crippen LogP contribution < -0.4 is 10.6 Å². The Morgan fingerprint density at radius 1 is 1.38 bits per heavy atom. The fraction of sp³-hybridized carbons (Fsp3) is 0.562. The average Bonchev–Trinajstić information content (AvgIpc) is 2.43. The van der Waals surface area contributed by atoms with Crippen LogP contribution in [-0.4, -0.2) is 38.3 Å². The molecule has 0 aromatic heterocycles. The molecule has 1 aromatic carbocycles. The lowest BCUT2D eigenvalue weighted by atomic mass is 9.75. The van der Waals surface area contributed by atoms with E-state index in [2.05, 4.69) is 50.8 Å². The van der Waals surface area contributed by atoms with E-state index >= 15 is 0 Å². The van der Waals surface area contributed by atoms with Gasteiger partial charge in [-0.1, -0.05) is 28.1 Å². The minimum absolute atomic E-state index is 0.0409. The van der Waals surface area contributed by atoms with E-state index in [0.717, 1.165) is 17.3 Å². The Morgan fingerprint density at radius 2 is 2.05 bits per heavy atom. The van der Waals surface area contributed by atoms with Crippen molar-refractivity contribution in [1.82, 2.24) is 10.6 Å². The second kappa shape index (κ2) is 7.92. The highest BCUT2D eigenvalue weighted by Crippen LogP contribution is 2.37. The number of ether oxygens (including phenoxy) is 1. The maximum atomic E-state index is 11.8. The van der Waals surface area contributed by atoms with Gasteiger partial charge in [-0.2, -0.15) is 0 Å². The van der Waals surface area contributed by atoms with Gasteiger partial charge in [-0.25, -0.2) is 0 Å². The normalized spacial score (nSPS) is 22.4. The zero-order chi connectivity index (χ0) is 15.2. The number of carbonyl (C=O) groups is 1. The molecule has 0 spiro atoms. The summed E-state index contributed by atoms with van der Waals surface area (Å²) in [6, 6.07) is 8.79. The molecule has 1 unspecified atom stereocenters. The first kappa shape index (κ1) is 16.5. The molecule has 0 saturated heterocycles. The third-order valence-corrected chi connectivity index (χ3v) is 4.49. The first-order valence-electron chi connectivity index (χ1n) is 7.38. The molecule has 0 bridgehead atoms. The Morgan fingerprint density at radius 3 is 2.67 bits per heavy atom. The van der Waals surface area contributed by atoms with Gasteiger partial charge >= 0.3 is 0 Å². The van der Waals surface area contributed by atoms with Crippen LogP contribution >= 0.6 is 15.9 Å². The van der Waals surface area contributed by atoms with Crippen LogP contribution in [0.4, 0.5) is 0 Å². The maximum absolute atomic E-state index is 11.8. The highest BCUT2D eigenvalue weighted by Gasteiger charge is 2.31. The zero-order valence-corrected chi connectivity index (χ0v) is 14.2. The molecule has 0 heterocycles. The average molecular weight is 355 g/mol. The summed E-state index contributed by atoms with van der Waals surface area (Å²) in [5.74, 6) is 0.651. The Kier molecular flexibility index (Phi) is 6.21. The van der Waals surface area contributed by atoms with Crippen LogP contribution in [0.15, 0.2) is 28.7 Å². The fourth-order valence-electron chi connectivity index (χ4n) is 2.62. The van der Waals surface area contributed by atoms with Crippen molar-refractivity contribution in [2.45, 2.75) is 37.8 Å². The molecule has 1 aliphatic rings. The van der Waals surface area contributed by atoms with Gasteiger partial charge in [0.1, 0.15) is 0 Å².